The molecule has 10 heteroatoms. The SMILES string of the molecule is COc1cc(-c2nnc3n2CCOC3)cnc1OCc1c(-c2ccc(F)cc2)noc1C. The minimum absolute atomic E-state index is 0.155. The summed E-state index contributed by atoms with van der Waals surface area (Å²) < 4.78 is 37.5. The minimum atomic E-state index is -0.317. The first kappa shape index (κ1) is 20.1. The highest BCUT2D eigenvalue weighted by Gasteiger charge is 2.20. The summed E-state index contributed by atoms with van der Waals surface area (Å²) in [4.78, 5) is 4.44. The van der Waals surface area contributed by atoms with Gasteiger partial charge in [0.2, 0.25) is 0 Å². The fourth-order valence-electron chi connectivity index (χ4n) is 3.56. The average Bonchev–Trinajstić information content (AvgIpc) is 3.42. The quantitative estimate of drug-likeness (QED) is 0.452. The van der Waals surface area contributed by atoms with Crippen molar-refractivity contribution < 1.29 is 23.1 Å². The van der Waals surface area contributed by atoms with E-state index >= 15 is 0 Å². The molecule has 0 radical (unpaired) electrons. The molecule has 5 rings (SSSR count). The van der Waals surface area contributed by atoms with Crippen LogP contribution in [0.1, 0.15) is 17.1 Å². The number of aryl methyl sites for hydroxylation is 1. The lowest BCUT2D eigenvalue weighted by Crippen LogP contribution is -2.17. The third kappa shape index (κ3) is 3.69. The first-order valence-electron chi connectivity index (χ1n) is 10.0. The van der Waals surface area contributed by atoms with Gasteiger partial charge >= 0.3 is 0 Å². The Bertz CT molecular complexity index is 1250. The van der Waals surface area contributed by atoms with Gasteiger partial charge in [-0.2, -0.15) is 0 Å². The Labute approximate surface area is 182 Å². The lowest BCUT2D eigenvalue weighted by Gasteiger charge is -2.16. The number of aromatic nitrogens is 5. The number of hydrogen-bond donors (Lipinski definition) is 0. The molecule has 164 valence electrons. The Balaban J connectivity index is 1.40. The van der Waals surface area contributed by atoms with Crippen LogP contribution in [0.15, 0.2) is 41.1 Å². The maximum atomic E-state index is 13.3. The Morgan fingerprint density at radius 1 is 1.16 bits per heavy atom. The van der Waals surface area contributed by atoms with E-state index in [9.17, 15) is 4.39 Å². The van der Waals surface area contributed by atoms with Crippen molar-refractivity contribution >= 4 is 0 Å². The molecule has 0 bridgehead atoms. The summed E-state index contributed by atoms with van der Waals surface area (Å²) in [5.41, 5.74) is 2.84. The summed E-state index contributed by atoms with van der Waals surface area (Å²) in [7, 11) is 1.55. The lowest BCUT2D eigenvalue weighted by molar-refractivity contribution is 0.0820. The van der Waals surface area contributed by atoms with Crippen molar-refractivity contribution in [3.05, 3.63) is 59.5 Å². The maximum absolute atomic E-state index is 13.3. The van der Waals surface area contributed by atoms with Crippen LogP contribution in [0.5, 0.6) is 11.6 Å². The van der Waals surface area contributed by atoms with E-state index in [1.165, 1.54) is 12.1 Å². The van der Waals surface area contributed by atoms with Gasteiger partial charge in [-0.3, -0.25) is 0 Å². The maximum Gasteiger partial charge on any atom is 0.257 e. The van der Waals surface area contributed by atoms with E-state index in [1.807, 2.05) is 10.6 Å². The molecule has 0 amide bonds. The molecule has 1 aliphatic rings. The average molecular weight is 437 g/mol. The van der Waals surface area contributed by atoms with Gasteiger partial charge in [0, 0.05) is 23.9 Å². The van der Waals surface area contributed by atoms with E-state index in [0.717, 1.165) is 22.5 Å². The highest BCUT2D eigenvalue weighted by molar-refractivity contribution is 5.63. The third-order valence-electron chi connectivity index (χ3n) is 5.27. The second-order valence-electron chi connectivity index (χ2n) is 7.24. The zero-order valence-electron chi connectivity index (χ0n) is 17.5. The lowest BCUT2D eigenvalue weighted by atomic mass is 10.1. The van der Waals surface area contributed by atoms with Gasteiger partial charge in [-0.25, -0.2) is 9.37 Å². The van der Waals surface area contributed by atoms with Gasteiger partial charge in [0.15, 0.2) is 17.4 Å². The number of halogens is 1. The second-order valence-corrected chi connectivity index (χ2v) is 7.24. The predicted molar refractivity (Wildman–Crippen MR) is 110 cm³/mol. The standard InChI is InChI=1S/C22H20FN5O4/c1-13-17(20(27-32-13)14-3-5-16(23)6-4-14)11-31-22-18(29-2)9-15(10-24-22)21-26-25-19-12-30-8-7-28(19)21/h3-6,9-10H,7-8,11-12H2,1-2H3. The van der Waals surface area contributed by atoms with Crippen molar-refractivity contribution in [2.45, 2.75) is 26.7 Å². The molecule has 0 saturated heterocycles. The van der Waals surface area contributed by atoms with Gasteiger partial charge in [-0.05, 0) is 37.3 Å². The van der Waals surface area contributed by atoms with Crippen LogP contribution in [-0.4, -0.2) is 38.6 Å². The molecule has 4 heterocycles. The molecule has 9 nitrogen and oxygen atoms in total. The minimum Gasteiger partial charge on any atom is -0.491 e. The van der Waals surface area contributed by atoms with Crippen molar-refractivity contribution in [3.8, 4) is 34.3 Å². The molecule has 0 spiro atoms. The molecule has 0 aliphatic carbocycles. The van der Waals surface area contributed by atoms with Crippen LogP contribution in [0.4, 0.5) is 4.39 Å². The van der Waals surface area contributed by atoms with Crippen LogP contribution in [0, 0.1) is 12.7 Å². The summed E-state index contributed by atoms with van der Waals surface area (Å²) >= 11 is 0. The topological polar surface area (TPSA) is 97.3 Å². The highest BCUT2D eigenvalue weighted by Crippen LogP contribution is 2.32. The fourth-order valence-corrected chi connectivity index (χ4v) is 3.56. The molecule has 1 aromatic carbocycles. The van der Waals surface area contributed by atoms with Crippen LogP contribution in [0.25, 0.3) is 22.6 Å². The molecule has 4 aromatic rings. The number of hydrogen-bond acceptors (Lipinski definition) is 8. The number of methoxy groups -OCH3 is 1. The molecule has 32 heavy (non-hydrogen) atoms. The molecule has 0 unspecified atom stereocenters. The van der Waals surface area contributed by atoms with Gasteiger partial charge in [-0.1, -0.05) is 5.16 Å². The smallest absolute Gasteiger partial charge is 0.257 e. The number of fused-ring (bicyclic) bond motifs is 1. The van der Waals surface area contributed by atoms with Crippen molar-refractivity contribution in [1.29, 1.82) is 0 Å². The van der Waals surface area contributed by atoms with Gasteiger partial charge in [0.05, 0.1) is 19.3 Å². The molecule has 1 aliphatic heterocycles. The number of nitrogens with zero attached hydrogens (tertiary/aromatic N) is 5. The number of benzene rings is 1. The van der Waals surface area contributed by atoms with E-state index in [2.05, 4.69) is 20.3 Å². The van der Waals surface area contributed by atoms with Crippen LogP contribution >= 0.6 is 0 Å². The van der Waals surface area contributed by atoms with Crippen LogP contribution in [0.2, 0.25) is 0 Å². The Hall–Kier alpha value is -3.79. The zero-order chi connectivity index (χ0) is 22.1. The first-order valence-corrected chi connectivity index (χ1v) is 10.0. The molecular weight excluding hydrogens is 417 g/mol. The van der Waals surface area contributed by atoms with Crippen LogP contribution in [-0.2, 0) is 24.5 Å². The van der Waals surface area contributed by atoms with Crippen molar-refractivity contribution in [1.82, 2.24) is 24.9 Å². The van der Waals surface area contributed by atoms with Gasteiger partial charge < -0.3 is 23.3 Å². The second kappa shape index (κ2) is 8.39. The van der Waals surface area contributed by atoms with Crippen molar-refractivity contribution in [2.24, 2.45) is 0 Å². The molecule has 0 atom stereocenters. The zero-order valence-corrected chi connectivity index (χ0v) is 17.5. The summed E-state index contributed by atoms with van der Waals surface area (Å²) in [6, 6.07) is 7.86. The van der Waals surface area contributed by atoms with Crippen molar-refractivity contribution in [3.63, 3.8) is 0 Å². The van der Waals surface area contributed by atoms with E-state index in [1.54, 1.807) is 32.4 Å². The largest absolute Gasteiger partial charge is 0.491 e. The normalized spacial score (nSPS) is 13.1. The third-order valence-corrected chi connectivity index (χ3v) is 5.27. The molecule has 3 aromatic heterocycles. The molecular formula is C22H20FN5O4. The molecule has 0 N–H and O–H groups in total. The summed E-state index contributed by atoms with van der Waals surface area (Å²) in [5, 5.41) is 12.6. The summed E-state index contributed by atoms with van der Waals surface area (Å²) in [5.74, 6) is 2.56. The van der Waals surface area contributed by atoms with E-state index in [4.69, 9.17) is 18.7 Å². The van der Waals surface area contributed by atoms with Gasteiger partial charge in [0.1, 0.15) is 30.5 Å². The summed E-state index contributed by atoms with van der Waals surface area (Å²) in [6.45, 7) is 3.68. The Morgan fingerprint density at radius 3 is 2.81 bits per heavy atom. The first-order chi connectivity index (χ1) is 15.6. The fraction of sp³-hybridized carbons (Fsp3) is 0.273. The number of rotatable bonds is 6. The molecule has 0 fully saturated rings. The Morgan fingerprint density at radius 2 is 2.00 bits per heavy atom. The molecule has 0 saturated carbocycles. The van der Waals surface area contributed by atoms with Crippen LogP contribution < -0.4 is 9.47 Å². The highest BCUT2D eigenvalue weighted by atomic mass is 19.1. The van der Waals surface area contributed by atoms with E-state index in [-0.39, 0.29) is 12.4 Å². The van der Waals surface area contributed by atoms with Crippen LogP contribution in [0.3, 0.4) is 0 Å². The number of pyridine rings is 1. The predicted octanol–water partition coefficient (Wildman–Crippen LogP) is 3.56. The van der Waals surface area contributed by atoms with Gasteiger partial charge in [0.25, 0.3) is 5.88 Å². The number of ether oxygens (including phenoxy) is 3. The summed E-state index contributed by atoms with van der Waals surface area (Å²) in [6.07, 6.45) is 1.67. The van der Waals surface area contributed by atoms with Gasteiger partial charge in [-0.15, -0.1) is 10.2 Å². The monoisotopic (exact) mass is 437 g/mol. The van der Waals surface area contributed by atoms with E-state index in [0.29, 0.717) is 48.7 Å². The Kier molecular flexibility index (Phi) is 5.28. The van der Waals surface area contributed by atoms with E-state index < -0.39 is 0 Å². The van der Waals surface area contributed by atoms with Crippen molar-refractivity contribution in [2.75, 3.05) is 13.7 Å².